The van der Waals surface area contributed by atoms with Gasteiger partial charge in [-0.1, -0.05) is 54.1 Å². The number of nitrogens with one attached hydrogen (secondary N) is 1. The molecule has 5 heteroatoms. The van der Waals surface area contributed by atoms with Gasteiger partial charge in [0.15, 0.2) is 0 Å². The molecule has 1 amide bonds. The predicted octanol–water partition coefficient (Wildman–Crippen LogP) is 4.69. The van der Waals surface area contributed by atoms with Crippen LogP contribution in [0.25, 0.3) is 0 Å². The Labute approximate surface area is 164 Å². The van der Waals surface area contributed by atoms with E-state index in [-0.39, 0.29) is 5.91 Å². The summed E-state index contributed by atoms with van der Waals surface area (Å²) in [7, 11) is 0. The van der Waals surface area contributed by atoms with E-state index in [4.69, 9.17) is 11.6 Å². The minimum atomic E-state index is -0.121. The molecule has 0 aliphatic carbocycles. The van der Waals surface area contributed by atoms with E-state index in [9.17, 15) is 4.79 Å². The zero-order valence-electron chi connectivity index (χ0n) is 15.2. The maximum absolute atomic E-state index is 12.5. The second-order valence-electron chi connectivity index (χ2n) is 6.21. The Bertz CT molecular complexity index is 882. The lowest BCUT2D eigenvalue weighted by molar-refractivity contribution is 0.0951. The van der Waals surface area contributed by atoms with Crippen LogP contribution in [0.3, 0.4) is 0 Å². The summed E-state index contributed by atoms with van der Waals surface area (Å²) in [5.74, 6) is 0.671. The van der Waals surface area contributed by atoms with Gasteiger partial charge in [0.25, 0.3) is 5.91 Å². The largest absolute Gasteiger partial charge is 0.353 e. The third-order valence-electron chi connectivity index (χ3n) is 4.30. The third-order valence-corrected chi connectivity index (χ3v) is 4.55. The van der Waals surface area contributed by atoms with E-state index in [2.05, 4.69) is 34.3 Å². The second-order valence-corrected chi connectivity index (χ2v) is 6.65. The molecule has 0 unspecified atom stereocenters. The molecule has 3 rings (SSSR count). The highest BCUT2D eigenvalue weighted by Crippen LogP contribution is 2.16. The molecule has 0 atom stereocenters. The van der Waals surface area contributed by atoms with Crippen molar-refractivity contribution in [3.8, 4) is 0 Å². The zero-order chi connectivity index (χ0) is 19.1. The fraction of sp³-hybridized carbons (Fsp3) is 0.182. The summed E-state index contributed by atoms with van der Waals surface area (Å²) >= 11 is 5.89. The Balaban J connectivity index is 1.67. The number of nitrogens with zero attached hydrogens (tertiary/aromatic N) is 2. The highest BCUT2D eigenvalue weighted by atomic mass is 35.5. The first-order valence-electron chi connectivity index (χ1n) is 8.93. The predicted molar refractivity (Wildman–Crippen MR) is 110 cm³/mol. The van der Waals surface area contributed by atoms with Crippen LogP contribution in [0.15, 0.2) is 72.9 Å². The van der Waals surface area contributed by atoms with Gasteiger partial charge in [0.1, 0.15) is 5.82 Å². The van der Waals surface area contributed by atoms with Gasteiger partial charge in [-0.05, 0) is 42.3 Å². The summed E-state index contributed by atoms with van der Waals surface area (Å²) in [6.07, 6.45) is 1.68. The van der Waals surface area contributed by atoms with E-state index in [1.54, 1.807) is 12.3 Å². The van der Waals surface area contributed by atoms with Crippen molar-refractivity contribution >= 4 is 23.3 Å². The lowest BCUT2D eigenvalue weighted by Crippen LogP contribution is -2.25. The smallest absolute Gasteiger partial charge is 0.251 e. The zero-order valence-corrected chi connectivity index (χ0v) is 16.0. The minimum absolute atomic E-state index is 0.121. The fourth-order valence-electron chi connectivity index (χ4n) is 2.78. The number of aromatic nitrogens is 1. The first-order valence-corrected chi connectivity index (χ1v) is 9.31. The van der Waals surface area contributed by atoms with Crippen molar-refractivity contribution in [2.24, 2.45) is 0 Å². The van der Waals surface area contributed by atoms with Gasteiger partial charge in [-0.3, -0.25) is 4.79 Å². The molecule has 1 aromatic heterocycles. The van der Waals surface area contributed by atoms with Crippen LogP contribution in [0.1, 0.15) is 28.4 Å². The molecule has 3 aromatic rings. The number of hydrogen-bond donors (Lipinski definition) is 1. The summed E-state index contributed by atoms with van der Waals surface area (Å²) in [6.45, 7) is 4.09. The highest BCUT2D eigenvalue weighted by molar-refractivity contribution is 6.30. The lowest BCUT2D eigenvalue weighted by atomic mass is 10.2. The molecule has 0 radical (unpaired) electrons. The van der Waals surface area contributed by atoms with Gasteiger partial charge in [0, 0.05) is 36.4 Å². The second kappa shape index (κ2) is 9.19. The van der Waals surface area contributed by atoms with Crippen molar-refractivity contribution in [1.29, 1.82) is 0 Å². The molecule has 0 saturated carbocycles. The van der Waals surface area contributed by atoms with Crippen molar-refractivity contribution in [3.05, 3.63) is 94.6 Å². The maximum atomic E-state index is 12.5. The van der Waals surface area contributed by atoms with E-state index in [1.807, 2.05) is 48.5 Å². The molecule has 138 valence electrons. The molecule has 0 aliphatic heterocycles. The Hall–Kier alpha value is -2.85. The van der Waals surface area contributed by atoms with Crippen LogP contribution >= 0.6 is 11.6 Å². The van der Waals surface area contributed by atoms with Crippen LogP contribution in [-0.2, 0) is 13.1 Å². The van der Waals surface area contributed by atoms with E-state index in [0.29, 0.717) is 17.1 Å². The first-order chi connectivity index (χ1) is 13.2. The van der Waals surface area contributed by atoms with Crippen LogP contribution in [0.5, 0.6) is 0 Å². The first kappa shape index (κ1) is 18.9. The number of carbonyl (C=O) groups excluding carboxylic acids is 1. The summed E-state index contributed by atoms with van der Waals surface area (Å²) in [4.78, 5) is 19.1. The van der Waals surface area contributed by atoms with Gasteiger partial charge in [0.2, 0.25) is 0 Å². The molecular formula is C22H22ClN3O. The van der Waals surface area contributed by atoms with E-state index in [1.165, 1.54) is 5.56 Å². The molecular weight excluding hydrogens is 358 g/mol. The highest BCUT2D eigenvalue weighted by Gasteiger charge is 2.11. The summed E-state index contributed by atoms with van der Waals surface area (Å²) in [5.41, 5.74) is 2.81. The summed E-state index contributed by atoms with van der Waals surface area (Å²) < 4.78 is 0. The van der Waals surface area contributed by atoms with Crippen molar-refractivity contribution < 1.29 is 4.79 Å². The number of amides is 1. The standard InChI is InChI=1S/C22H22ClN3O/c1-2-26(16-18-6-4-3-5-7-18)21-14-19(12-13-24-21)22(27)25-15-17-8-10-20(23)11-9-17/h3-14H,2,15-16H2,1H3,(H,25,27). The van der Waals surface area contributed by atoms with E-state index in [0.717, 1.165) is 24.5 Å². The lowest BCUT2D eigenvalue weighted by Gasteiger charge is -2.22. The average molecular weight is 380 g/mol. The number of rotatable bonds is 7. The minimum Gasteiger partial charge on any atom is -0.353 e. The molecule has 0 aliphatic rings. The van der Waals surface area contributed by atoms with Crippen LogP contribution in [0, 0.1) is 0 Å². The molecule has 0 saturated heterocycles. The van der Waals surface area contributed by atoms with Gasteiger partial charge in [-0.2, -0.15) is 0 Å². The van der Waals surface area contributed by atoms with Crippen LogP contribution in [0.4, 0.5) is 5.82 Å². The Morgan fingerprint density at radius 1 is 1.04 bits per heavy atom. The van der Waals surface area contributed by atoms with Crippen molar-refractivity contribution in [1.82, 2.24) is 10.3 Å². The molecule has 0 fully saturated rings. The molecule has 4 nitrogen and oxygen atoms in total. The molecule has 0 bridgehead atoms. The normalized spacial score (nSPS) is 10.4. The summed E-state index contributed by atoms with van der Waals surface area (Å²) in [6, 6.07) is 21.2. The maximum Gasteiger partial charge on any atom is 0.251 e. The quantitative estimate of drug-likeness (QED) is 0.647. The van der Waals surface area contributed by atoms with Crippen LogP contribution in [0.2, 0.25) is 5.02 Å². The number of halogens is 1. The Morgan fingerprint density at radius 2 is 1.78 bits per heavy atom. The van der Waals surface area contributed by atoms with Gasteiger partial charge in [-0.15, -0.1) is 0 Å². The molecule has 2 aromatic carbocycles. The number of hydrogen-bond acceptors (Lipinski definition) is 3. The molecule has 27 heavy (non-hydrogen) atoms. The Morgan fingerprint density at radius 3 is 2.48 bits per heavy atom. The van der Waals surface area contributed by atoms with Gasteiger partial charge in [-0.25, -0.2) is 4.98 Å². The van der Waals surface area contributed by atoms with Gasteiger partial charge < -0.3 is 10.2 Å². The van der Waals surface area contributed by atoms with E-state index >= 15 is 0 Å². The third kappa shape index (κ3) is 5.31. The van der Waals surface area contributed by atoms with E-state index < -0.39 is 0 Å². The van der Waals surface area contributed by atoms with Gasteiger partial charge >= 0.3 is 0 Å². The topological polar surface area (TPSA) is 45.2 Å². The summed E-state index contributed by atoms with van der Waals surface area (Å²) in [5, 5.41) is 3.62. The monoisotopic (exact) mass is 379 g/mol. The molecule has 1 N–H and O–H groups in total. The van der Waals surface area contributed by atoms with Crippen LogP contribution < -0.4 is 10.2 Å². The SMILES string of the molecule is CCN(Cc1ccccc1)c1cc(C(=O)NCc2ccc(Cl)cc2)ccn1. The number of pyridine rings is 1. The van der Waals surface area contributed by atoms with Crippen molar-refractivity contribution in [2.75, 3.05) is 11.4 Å². The van der Waals surface area contributed by atoms with Crippen molar-refractivity contribution in [2.45, 2.75) is 20.0 Å². The van der Waals surface area contributed by atoms with Crippen LogP contribution in [-0.4, -0.2) is 17.4 Å². The number of anilines is 1. The number of benzene rings is 2. The number of carbonyl (C=O) groups is 1. The molecule has 1 heterocycles. The van der Waals surface area contributed by atoms with Crippen molar-refractivity contribution in [3.63, 3.8) is 0 Å². The average Bonchev–Trinajstić information content (AvgIpc) is 2.72. The fourth-order valence-corrected chi connectivity index (χ4v) is 2.90. The van der Waals surface area contributed by atoms with Gasteiger partial charge in [0.05, 0.1) is 0 Å². The molecule has 0 spiro atoms. The Kier molecular flexibility index (Phi) is 6.44.